The fourth-order valence-corrected chi connectivity index (χ4v) is 3.20. The lowest BCUT2D eigenvalue weighted by molar-refractivity contribution is 0.155. The zero-order valence-electron chi connectivity index (χ0n) is 10.1. The fourth-order valence-electron chi connectivity index (χ4n) is 2.36. The Morgan fingerprint density at radius 1 is 1.69 bits per heavy atom. The average molecular weight is 239 g/mol. The van der Waals surface area contributed by atoms with Crippen molar-refractivity contribution in [1.29, 1.82) is 0 Å². The smallest absolute Gasteiger partial charge is 0.0897 e. The van der Waals surface area contributed by atoms with Crippen molar-refractivity contribution >= 4 is 11.3 Å². The Morgan fingerprint density at radius 2 is 2.50 bits per heavy atom. The quantitative estimate of drug-likeness (QED) is 0.877. The molecule has 1 fully saturated rings. The molecular weight excluding hydrogens is 218 g/mol. The molecule has 0 amide bonds. The molecule has 2 atom stereocenters. The number of hydrogen-bond donors (Lipinski definition) is 1. The summed E-state index contributed by atoms with van der Waals surface area (Å²) in [6, 6.07) is 0.325. The largest absolute Gasteiger partial charge is 0.328 e. The number of nitrogens with two attached hydrogens (primary N) is 1. The molecule has 1 aromatic rings. The van der Waals surface area contributed by atoms with E-state index in [0.29, 0.717) is 12.0 Å². The minimum Gasteiger partial charge on any atom is -0.328 e. The van der Waals surface area contributed by atoms with E-state index in [1.807, 2.05) is 6.20 Å². The summed E-state index contributed by atoms with van der Waals surface area (Å²) in [5, 5.41) is 1.16. The maximum Gasteiger partial charge on any atom is 0.0897 e. The van der Waals surface area contributed by atoms with E-state index in [9.17, 15) is 0 Å². The van der Waals surface area contributed by atoms with E-state index >= 15 is 0 Å². The topological polar surface area (TPSA) is 42.2 Å². The second-order valence-electron chi connectivity index (χ2n) is 4.84. The average Bonchev–Trinajstić information content (AvgIpc) is 2.64. The standard InChI is InChI=1S/C12H21N3S/c1-9(13)11-4-3-5-15(7-11)8-12-6-14-10(2)16-12/h6,9,11H,3-5,7-8,13H2,1-2H3. The Hall–Kier alpha value is -0.450. The maximum atomic E-state index is 5.99. The normalized spacial score (nSPS) is 24.6. The predicted molar refractivity (Wildman–Crippen MR) is 68.5 cm³/mol. The molecule has 2 N–H and O–H groups in total. The van der Waals surface area contributed by atoms with E-state index < -0.39 is 0 Å². The van der Waals surface area contributed by atoms with Gasteiger partial charge in [-0.3, -0.25) is 4.90 Å². The zero-order chi connectivity index (χ0) is 11.5. The lowest BCUT2D eigenvalue weighted by Crippen LogP contribution is -2.41. The van der Waals surface area contributed by atoms with Crippen LogP contribution in [0.1, 0.15) is 29.7 Å². The molecule has 0 aliphatic carbocycles. The number of thiazole rings is 1. The fraction of sp³-hybridized carbons (Fsp3) is 0.750. The third-order valence-corrected chi connectivity index (χ3v) is 4.23. The van der Waals surface area contributed by atoms with Crippen molar-refractivity contribution < 1.29 is 0 Å². The van der Waals surface area contributed by atoms with Crippen molar-refractivity contribution in [3.8, 4) is 0 Å². The molecule has 1 saturated heterocycles. The van der Waals surface area contributed by atoms with Gasteiger partial charge in [0.15, 0.2) is 0 Å². The molecular formula is C12H21N3S. The second-order valence-corrected chi connectivity index (χ2v) is 6.16. The van der Waals surface area contributed by atoms with Crippen molar-refractivity contribution in [3.63, 3.8) is 0 Å². The van der Waals surface area contributed by atoms with E-state index in [4.69, 9.17) is 5.73 Å². The molecule has 3 nitrogen and oxygen atoms in total. The molecule has 2 heterocycles. The number of piperidine rings is 1. The van der Waals surface area contributed by atoms with Crippen LogP contribution in [0.25, 0.3) is 0 Å². The van der Waals surface area contributed by atoms with Gasteiger partial charge in [-0.2, -0.15) is 0 Å². The molecule has 4 heteroatoms. The van der Waals surface area contributed by atoms with Crippen LogP contribution in [0.15, 0.2) is 6.20 Å². The zero-order valence-corrected chi connectivity index (χ0v) is 11.0. The Morgan fingerprint density at radius 3 is 3.12 bits per heavy atom. The summed E-state index contributed by atoms with van der Waals surface area (Å²) in [5.74, 6) is 0.669. The highest BCUT2D eigenvalue weighted by Gasteiger charge is 2.22. The van der Waals surface area contributed by atoms with Gasteiger partial charge in [0, 0.05) is 30.2 Å². The highest BCUT2D eigenvalue weighted by molar-refractivity contribution is 7.11. The maximum absolute atomic E-state index is 5.99. The molecule has 90 valence electrons. The molecule has 2 rings (SSSR count). The summed E-state index contributed by atoms with van der Waals surface area (Å²) >= 11 is 1.81. The Kier molecular flexibility index (Phi) is 3.95. The number of nitrogens with zero attached hydrogens (tertiary/aromatic N) is 2. The van der Waals surface area contributed by atoms with Crippen LogP contribution >= 0.6 is 11.3 Å². The van der Waals surface area contributed by atoms with Crippen molar-refractivity contribution in [1.82, 2.24) is 9.88 Å². The van der Waals surface area contributed by atoms with Gasteiger partial charge in [0.1, 0.15) is 0 Å². The highest BCUT2D eigenvalue weighted by atomic mass is 32.1. The van der Waals surface area contributed by atoms with Crippen molar-refractivity contribution in [3.05, 3.63) is 16.1 Å². The number of aromatic nitrogens is 1. The molecule has 16 heavy (non-hydrogen) atoms. The van der Waals surface area contributed by atoms with Gasteiger partial charge in [-0.15, -0.1) is 11.3 Å². The van der Waals surface area contributed by atoms with Gasteiger partial charge < -0.3 is 5.73 Å². The Labute approximate surface area is 102 Å². The first-order valence-corrected chi connectivity index (χ1v) is 6.86. The van der Waals surface area contributed by atoms with E-state index in [0.717, 1.165) is 18.1 Å². The predicted octanol–water partition coefficient (Wildman–Crippen LogP) is 2.01. The van der Waals surface area contributed by atoms with Crippen LogP contribution in [0.4, 0.5) is 0 Å². The van der Waals surface area contributed by atoms with Crippen LogP contribution in [-0.4, -0.2) is 29.0 Å². The van der Waals surface area contributed by atoms with Gasteiger partial charge in [0.05, 0.1) is 5.01 Å². The molecule has 2 unspecified atom stereocenters. The first-order chi connectivity index (χ1) is 7.65. The minimum absolute atomic E-state index is 0.325. The first kappa shape index (κ1) is 12.0. The monoisotopic (exact) mass is 239 g/mol. The van der Waals surface area contributed by atoms with Crippen molar-refractivity contribution in [2.75, 3.05) is 13.1 Å². The first-order valence-electron chi connectivity index (χ1n) is 6.04. The van der Waals surface area contributed by atoms with Gasteiger partial charge in [-0.1, -0.05) is 0 Å². The summed E-state index contributed by atoms with van der Waals surface area (Å²) in [6.07, 6.45) is 4.58. The Bertz CT molecular complexity index is 335. The molecule has 1 aliphatic heterocycles. The van der Waals surface area contributed by atoms with Gasteiger partial charge in [0.25, 0.3) is 0 Å². The van der Waals surface area contributed by atoms with Crippen LogP contribution in [0.3, 0.4) is 0 Å². The summed E-state index contributed by atoms with van der Waals surface area (Å²) in [6.45, 7) is 7.60. The third kappa shape index (κ3) is 3.03. The molecule has 0 radical (unpaired) electrons. The van der Waals surface area contributed by atoms with Crippen LogP contribution in [-0.2, 0) is 6.54 Å². The minimum atomic E-state index is 0.325. The van der Waals surface area contributed by atoms with E-state index in [2.05, 4.69) is 23.7 Å². The molecule has 0 spiro atoms. The number of aryl methyl sites for hydroxylation is 1. The summed E-state index contributed by atoms with van der Waals surface area (Å²) < 4.78 is 0. The van der Waals surface area contributed by atoms with Gasteiger partial charge in [-0.25, -0.2) is 4.98 Å². The van der Waals surface area contributed by atoms with Gasteiger partial charge in [0.2, 0.25) is 0 Å². The molecule has 0 bridgehead atoms. The van der Waals surface area contributed by atoms with Crippen molar-refractivity contribution in [2.45, 2.75) is 39.3 Å². The van der Waals surface area contributed by atoms with Crippen LogP contribution in [0.2, 0.25) is 0 Å². The van der Waals surface area contributed by atoms with Gasteiger partial charge >= 0.3 is 0 Å². The summed E-state index contributed by atoms with van der Waals surface area (Å²) in [5.41, 5.74) is 5.99. The number of likely N-dealkylation sites (tertiary alicyclic amines) is 1. The lowest BCUT2D eigenvalue weighted by atomic mass is 9.92. The van der Waals surface area contributed by atoms with Crippen LogP contribution < -0.4 is 5.73 Å². The molecule has 1 aliphatic rings. The highest BCUT2D eigenvalue weighted by Crippen LogP contribution is 2.22. The second kappa shape index (κ2) is 5.25. The SMILES string of the molecule is Cc1ncc(CN2CCCC(C(C)N)C2)s1. The number of hydrogen-bond acceptors (Lipinski definition) is 4. The molecule has 0 aromatic carbocycles. The van der Waals surface area contributed by atoms with Crippen LogP contribution in [0.5, 0.6) is 0 Å². The third-order valence-electron chi connectivity index (χ3n) is 3.33. The lowest BCUT2D eigenvalue weighted by Gasteiger charge is -2.34. The van der Waals surface area contributed by atoms with Crippen molar-refractivity contribution in [2.24, 2.45) is 11.7 Å². The Balaban J connectivity index is 1.90. The molecule has 0 saturated carbocycles. The van der Waals surface area contributed by atoms with E-state index in [1.54, 1.807) is 11.3 Å². The van der Waals surface area contributed by atoms with Crippen LogP contribution in [0, 0.1) is 12.8 Å². The van der Waals surface area contributed by atoms with E-state index in [1.165, 1.54) is 24.3 Å². The van der Waals surface area contributed by atoms with Gasteiger partial charge in [-0.05, 0) is 39.2 Å². The summed E-state index contributed by atoms with van der Waals surface area (Å²) in [7, 11) is 0. The summed E-state index contributed by atoms with van der Waals surface area (Å²) in [4.78, 5) is 8.20. The van der Waals surface area contributed by atoms with E-state index in [-0.39, 0.29) is 0 Å². The number of rotatable bonds is 3. The molecule has 1 aromatic heterocycles.